The largest absolute Gasteiger partial charge is 0.495 e. The molecule has 7 nitrogen and oxygen atoms in total. The molecule has 2 N–H and O–H groups in total. The molecule has 1 heterocycles. The number of nitrogens with zero attached hydrogens (tertiary/aromatic N) is 1. The predicted octanol–water partition coefficient (Wildman–Crippen LogP) is 1.03. The van der Waals surface area contributed by atoms with E-state index in [-0.39, 0.29) is 25.3 Å². The molecule has 1 aromatic rings. The molecule has 0 aromatic heterocycles. The molecule has 0 bridgehead atoms. The molecule has 124 valence electrons. The molecule has 2 unspecified atom stereocenters. The van der Waals surface area contributed by atoms with Crippen LogP contribution in [0.2, 0.25) is 0 Å². The lowest BCUT2D eigenvalue weighted by Gasteiger charge is -2.20. The lowest BCUT2D eigenvalue weighted by molar-refractivity contribution is -0.142. The summed E-state index contributed by atoms with van der Waals surface area (Å²) in [5.74, 6) is -1.69. The molecular formula is C16H20N2O5. The van der Waals surface area contributed by atoms with Gasteiger partial charge in [-0.1, -0.05) is 19.1 Å². The molecule has 2 amide bonds. The first-order valence-corrected chi connectivity index (χ1v) is 7.44. The van der Waals surface area contributed by atoms with Gasteiger partial charge in [-0.2, -0.15) is 0 Å². The number of amides is 2. The number of methoxy groups -OCH3 is 1. The van der Waals surface area contributed by atoms with Crippen molar-refractivity contribution >= 4 is 23.5 Å². The third-order valence-electron chi connectivity index (χ3n) is 3.89. The summed E-state index contributed by atoms with van der Waals surface area (Å²) >= 11 is 0. The molecule has 0 saturated carbocycles. The van der Waals surface area contributed by atoms with Crippen LogP contribution in [0.3, 0.4) is 0 Å². The third kappa shape index (κ3) is 3.61. The Bertz CT molecular complexity index is 616. The van der Waals surface area contributed by atoms with Gasteiger partial charge in [0, 0.05) is 13.0 Å². The highest BCUT2D eigenvalue weighted by atomic mass is 16.5. The summed E-state index contributed by atoms with van der Waals surface area (Å²) in [5.41, 5.74) is 0.612. The van der Waals surface area contributed by atoms with Crippen molar-refractivity contribution in [1.82, 2.24) is 5.32 Å². The maximum absolute atomic E-state index is 12.2. The zero-order valence-corrected chi connectivity index (χ0v) is 13.1. The van der Waals surface area contributed by atoms with E-state index in [9.17, 15) is 14.4 Å². The molecule has 23 heavy (non-hydrogen) atoms. The van der Waals surface area contributed by atoms with Crippen molar-refractivity contribution in [2.24, 2.45) is 5.92 Å². The van der Waals surface area contributed by atoms with Gasteiger partial charge in [-0.05, 0) is 18.6 Å². The first-order chi connectivity index (χ1) is 11.0. The summed E-state index contributed by atoms with van der Waals surface area (Å²) in [6.45, 7) is 1.89. The monoisotopic (exact) mass is 320 g/mol. The highest BCUT2D eigenvalue weighted by Gasteiger charge is 2.37. The van der Waals surface area contributed by atoms with Crippen LogP contribution in [-0.4, -0.2) is 42.6 Å². The Hall–Kier alpha value is -2.57. The number of rotatable bonds is 6. The SMILES string of the molecule is CCC(NC(=O)C1CC(=O)N(c2ccccc2OC)C1)C(=O)O. The van der Waals surface area contributed by atoms with Crippen LogP contribution in [0.4, 0.5) is 5.69 Å². The van der Waals surface area contributed by atoms with Crippen molar-refractivity contribution in [1.29, 1.82) is 0 Å². The van der Waals surface area contributed by atoms with Crippen LogP contribution in [0, 0.1) is 5.92 Å². The van der Waals surface area contributed by atoms with Gasteiger partial charge in [0.25, 0.3) is 0 Å². The fraction of sp³-hybridized carbons (Fsp3) is 0.438. The Kier molecular flexibility index (Phi) is 5.20. The van der Waals surface area contributed by atoms with Crippen LogP contribution < -0.4 is 15.0 Å². The van der Waals surface area contributed by atoms with E-state index in [0.717, 1.165) is 0 Å². The van der Waals surface area contributed by atoms with Crippen LogP contribution in [0.5, 0.6) is 5.75 Å². The maximum Gasteiger partial charge on any atom is 0.326 e. The van der Waals surface area contributed by atoms with Gasteiger partial charge in [0.2, 0.25) is 11.8 Å². The Morgan fingerprint density at radius 1 is 1.43 bits per heavy atom. The first-order valence-electron chi connectivity index (χ1n) is 7.44. The van der Waals surface area contributed by atoms with E-state index in [0.29, 0.717) is 11.4 Å². The normalized spacial score (nSPS) is 18.6. The third-order valence-corrected chi connectivity index (χ3v) is 3.89. The number of carboxylic acid groups (broad SMARTS) is 1. The minimum absolute atomic E-state index is 0.0555. The van der Waals surface area contributed by atoms with Gasteiger partial charge < -0.3 is 20.1 Å². The number of benzene rings is 1. The van der Waals surface area contributed by atoms with Gasteiger partial charge in [0.1, 0.15) is 11.8 Å². The van der Waals surface area contributed by atoms with E-state index < -0.39 is 23.8 Å². The van der Waals surface area contributed by atoms with Gasteiger partial charge in [-0.3, -0.25) is 9.59 Å². The summed E-state index contributed by atoms with van der Waals surface area (Å²) in [7, 11) is 1.52. The molecular weight excluding hydrogens is 300 g/mol. The quantitative estimate of drug-likeness (QED) is 0.816. The zero-order chi connectivity index (χ0) is 17.0. The van der Waals surface area contributed by atoms with Crippen molar-refractivity contribution in [2.75, 3.05) is 18.6 Å². The summed E-state index contributed by atoms with van der Waals surface area (Å²) in [4.78, 5) is 36.9. The van der Waals surface area contributed by atoms with E-state index in [1.54, 1.807) is 31.2 Å². The fourth-order valence-corrected chi connectivity index (χ4v) is 2.60. The van der Waals surface area contributed by atoms with Gasteiger partial charge in [0.15, 0.2) is 0 Å². The average Bonchev–Trinajstić information content (AvgIpc) is 2.93. The highest BCUT2D eigenvalue weighted by molar-refractivity contribution is 6.01. The first kappa shape index (κ1) is 16.8. The standard InChI is InChI=1S/C16H20N2O5/c1-3-11(16(21)22)17-15(20)10-8-14(19)18(9-10)12-6-4-5-7-13(12)23-2/h4-7,10-11H,3,8-9H2,1-2H3,(H,17,20)(H,21,22). The minimum Gasteiger partial charge on any atom is -0.495 e. The average molecular weight is 320 g/mol. The van der Waals surface area contributed by atoms with Crippen molar-refractivity contribution < 1.29 is 24.2 Å². The Morgan fingerprint density at radius 3 is 2.74 bits per heavy atom. The van der Waals surface area contributed by atoms with Crippen molar-refractivity contribution in [2.45, 2.75) is 25.8 Å². The van der Waals surface area contributed by atoms with Gasteiger partial charge in [0.05, 0.1) is 18.7 Å². The highest BCUT2D eigenvalue weighted by Crippen LogP contribution is 2.32. The topological polar surface area (TPSA) is 95.9 Å². The number of ether oxygens (including phenoxy) is 1. The Balaban J connectivity index is 2.10. The van der Waals surface area contributed by atoms with Crippen LogP contribution in [0.1, 0.15) is 19.8 Å². The van der Waals surface area contributed by atoms with Crippen LogP contribution >= 0.6 is 0 Å². The lowest BCUT2D eigenvalue weighted by Crippen LogP contribution is -2.43. The van der Waals surface area contributed by atoms with Crippen molar-refractivity contribution in [3.05, 3.63) is 24.3 Å². The molecule has 1 fully saturated rings. The molecule has 1 aromatic carbocycles. The van der Waals surface area contributed by atoms with Crippen molar-refractivity contribution in [3.8, 4) is 5.75 Å². The predicted molar refractivity (Wildman–Crippen MR) is 83.3 cm³/mol. The molecule has 1 aliphatic heterocycles. The second-order valence-corrected chi connectivity index (χ2v) is 5.38. The maximum atomic E-state index is 12.2. The number of carbonyl (C=O) groups is 3. The number of hydrogen-bond acceptors (Lipinski definition) is 4. The molecule has 0 radical (unpaired) electrons. The Labute approximate surface area is 134 Å². The molecule has 1 saturated heterocycles. The number of carbonyl (C=O) groups excluding carboxylic acids is 2. The van der Waals surface area contributed by atoms with E-state index in [1.807, 2.05) is 0 Å². The van der Waals surface area contributed by atoms with Crippen LogP contribution in [-0.2, 0) is 14.4 Å². The minimum atomic E-state index is -1.08. The summed E-state index contributed by atoms with van der Waals surface area (Å²) < 4.78 is 5.24. The molecule has 0 aliphatic carbocycles. The molecule has 2 rings (SSSR count). The number of nitrogens with one attached hydrogen (secondary N) is 1. The summed E-state index contributed by atoms with van der Waals surface area (Å²) in [5, 5.41) is 11.5. The molecule has 2 atom stereocenters. The zero-order valence-electron chi connectivity index (χ0n) is 13.1. The lowest BCUT2D eigenvalue weighted by atomic mass is 10.1. The van der Waals surface area contributed by atoms with Crippen LogP contribution in [0.25, 0.3) is 0 Å². The van der Waals surface area contributed by atoms with Crippen molar-refractivity contribution in [3.63, 3.8) is 0 Å². The summed E-state index contributed by atoms with van der Waals surface area (Å²) in [6, 6.07) is 6.15. The van der Waals surface area contributed by atoms with E-state index in [2.05, 4.69) is 5.32 Å². The number of para-hydroxylation sites is 2. The number of hydrogen-bond donors (Lipinski definition) is 2. The van der Waals surface area contributed by atoms with E-state index in [1.165, 1.54) is 12.0 Å². The molecule has 0 spiro atoms. The second kappa shape index (κ2) is 7.13. The van der Waals surface area contributed by atoms with E-state index in [4.69, 9.17) is 9.84 Å². The summed E-state index contributed by atoms with van der Waals surface area (Å²) in [6.07, 6.45) is 0.345. The number of carboxylic acids is 1. The van der Waals surface area contributed by atoms with Gasteiger partial charge >= 0.3 is 5.97 Å². The number of aliphatic carboxylic acids is 1. The second-order valence-electron chi connectivity index (χ2n) is 5.38. The Morgan fingerprint density at radius 2 is 2.13 bits per heavy atom. The molecule has 1 aliphatic rings. The molecule has 7 heteroatoms. The van der Waals surface area contributed by atoms with Gasteiger partial charge in [-0.25, -0.2) is 4.79 Å². The fourth-order valence-electron chi connectivity index (χ4n) is 2.60. The number of anilines is 1. The van der Waals surface area contributed by atoms with E-state index >= 15 is 0 Å². The smallest absolute Gasteiger partial charge is 0.326 e. The van der Waals surface area contributed by atoms with Gasteiger partial charge in [-0.15, -0.1) is 0 Å². The van der Waals surface area contributed by atoms with Crippen LogP contribution in [0.15, 0.2) is 24.3 Å².